The summed E-state index contributed by atoms with van der Waals surface area (Å²) in [6.45, 7) is 1.38. The average Bonchev–Trinajstić information content (AvgIpc) is 2.74. The molecular formula is C23H16Cl2FN3O3. The van der Waals surface area contributed by atoms with Crippen LogP contribution in [0.15, 0.2) is 65.5 Å². The smallest absolute Gasteiger partial charge is 0.265 e. The number of nitrogens with zero attached hydrogens (tertiary/aromatic N) is 2. The van der Waals surface area contributed by atoms with E-state index in [1.54, 1.807) is 49.4 Å². The number of hydrogen-bond donors (Lipinski definition) is 1. The van der Waals surface area contributed by atoms with Gasteiger partial charge in [-0.05, 0) is 55.5 Å². The third-order valence-corrected chi connectivity index (χ3v) is 5.22. The molecule has 9 heteroatoms. The first-order valence-corrected chi connectivity index (χ1v) is 10.2. The van der Waals surface area contributed by atoms with Gasteiger partial charge in [0.1, 0.15) is 11.6 Å². The predicted octanol–water partition coefficient (Wildman–Crippen LogP) is 5.16. The normalized spacial score (nSPS) is 10.9. The number of carbonyl (C=O) groups excluding carboxylic acids is 1. The summed E-state index contributed by atoms with van der Waals surface area (Å²) < 4.78 is 20.1. The van der Waals surface area contributed by atoms with Crippen molar-refractivity contribution in [3.05, 3.63) is 92.7 Å². The lowest BCUT2D eigenvalue weighted by Crippen LogP contribution is -2.22. The molecule has 0 radical (unpaired) electrons. The van der Waals surface area contributed by atoms with Crippen molar-refractivity contribution >= 4 is 45.7 Å². The lowest BCUT2D eigenvalue weighted by atomic mass is 10.2. The first kappa shape index (κ1) is 21.8. The van der Waals surface area contributed by atoms with Crippen LogP contribution in [0.2, 0.25) is 10.0 Å². The number of halogens is 3. The maximum absolute atomic E-state index is 13.2. The quantitative estimate of drug-likeness (QED) is 0.436. The number of aryl methyl sites for hydroxylation is 1. The number of amides is 1. The molecule has 32 heavy (non-hydrogen) atoms. The van der Waals surface area contributed by atoms with E-state index in [1.165, 1.54) is 4.57 Å². The Hall–Kier alpha value is -3.42. The number of anilines is 1. The van der Waals surface area contributed by atoms with E-state index in [-0.39, 0.29) is 28.0 Å². The summed E-state index contributed by atoms with van der Waals surface area (Å²) in [6, 6.07) is 16.0. The Kier molecular flexibility index (Phi) is 6.12. The summed E-state index contributed by atoms with van der Waals surface area (Å²) in [5.74, 6) is -0.492. The van der Waals surface area contributed by atoms with Crippen LogP contribution in [0.3, 0.4) is 0 Å². The van der Waals surface area contributed by atoms with Gasteiger partial charge < -0.3 is 10.1 Å². The van der Waals surface area contributed by atoms with Gasteiger partial charge in [0.2, 0.25) is 0 Å². The molecule has 0 aliphatic rings. The fourth-order valence-electron chi connectivity index (χ4n) is 3.24. The van der Waals surface area contributed by atoms with Gasteiger partial charge in [-0.1, -0.05) is 35.3 Å². The van der Waals surface area contributed by atoms with Gasteiger partial charge in [0.15, 0.2) is 12.4 Å². The van der Waals surface area contributed by atoms with E-state index in [1.807, 2.05) is 6.07 Å². The predicted molar refractivity (Wildman–Crippen MR) is 123 cm³/mol. The number of hydrogen-bond acceptors (Lipinski definition) is 4. The zero-order valence-electron chi connectivity index (χ0n) is 16.7. The van der Waals surface area contributed by atoms with Crippen molar-refractivity contribution in [1.29, 1.82) is 0 Å². The van der Waals surface area contributed by atoms with Gasteiger partial charge in [-0.3, -0.25) is 14.2 Å². The highest BCUT2D eigenvalue weighted by Crippen LogP contribution is 2.33. The van der Waals surface area contributed by atoms with Crippen LogP contribution >= 0.6 is 23.2 Å². The molecule has 0 saturated carbocycles. The van der Waals surface area contributed by atoms with E-state index in [0.29, 0.717) is 28.1 Å². The van der Waals surface area contributed by atoms with Crippen LogP contribution in [-0.4, -0.2) is 22.1 Å². The van der Waals surface area contributed by atoms with Crippen LogP contribution in [0, 0.1) is 12.7 Å². The average molecular weight is 472 g/mol. The zero-order chi connectivity index (χ0) is 22.8. The van der Waals surface area contributed by atoms with Crippen LogP contribution in [0.4, 0.5) is 10.1 Å². The molecule has 1 heterocycles. The number of rotatable bonds is 5. The molecule has 4 rings (SSSR count). The maximum Gasteiger partial charge on any atom is 0.265 e. The Morgan fingerprint density at radius 1 is 1.09 bits per heavy atom. The lowest BCUT2D eigenvalue weighted by molar-refractivity contribution is -0.118. The molecule has 0 unspecified atom stereocenters. The van der Waals surface area contributed by atoms with Crippen molar-refractivity contribution in [3.63, 3.8) is 0 Å². The van der Waals surface area contributed by atoms with Gasteiger partial charge in [0.25, 0.3) is 11.5 Å². The van der Waals surface area contributed by atoms with Gasteiger partial charge in [0, 0.05) is 5.69 Å². The molecule has 0 bridgehead atoms. The highest BCUT2D eigenvalue weighted by atomic mass is 35.5. The number of fused-ring (bicyclic) bond motifs is 1. The molecule has 3 aromatic carbocycles. The SMILES string of the molecule is Cc1nc2ccccc2c(=O)n1-c1ccc(NC(=O)COc2c(Cl)cc(F)cc2Cl)cc1. The Morgan fingerprint density at radius 2 is 1.75 bits per heavy atom. The van der Waals surface area contributed by atoms with Crippen LogP contribution in [0.5, 0.6) is 5.75 Å². The molecule has 1 N–H and O–H groups in total. The van der Waals surface area contributed by atoms with Crippen molar-refractivity contribution in [2.75, 3.05) is 11.9 Å². The topological polar surface area (TPSA) is 73.2 Å². The van der Waals surface area contributed by atoms with Crippen molar-refractivity contribution in [2.45, 2.75) is 6.92 Å². The summed E-state index contributed by atoms with van der Waals surface area (Å²) in [7, 11) is 0. The van der Waals surface area contributed by atoms with Gasteiger partial charge >= 0.3 is 0 Å². The molecule has 1 aromatic heterocycles. The monoisotopic (exact) mass is 471 g/mol. The number of para-hydroxylation sites is 1. The van der Waals surface area contributed by atoms with Gasteiger partial charge in [-0.2, -0.15) is 0 Å². The molecule has 0 aliphatic carbocycles. The largest absolute Gasteiger partial charge is 0.481 e. The summed E-state index contributed by atoms with van der Waals surface area (Å²) >= 11 is 11.8. The van der Waals surface area contributed by atoms with E-state index >= 15 is 0 Å². The summed E-state index contributed by atoms with van der Waals surface area (Å²) in [6.07, 6.45) is 0. The molecule has 162 valence electrons. The Labute approximate surface area is 192 Å². The number of ether oxygens (including phenoxy) is 1. The molecule has 0 spiro atoms. The lowest BCUT2D eigenvalue weighted by Gasteiger charge is -2.12. The second-order valence-electron chi connectivity index (χ2n) is 6.90. The van der Waals surface area contributed by atoms with E-state index in [9.17, 15) is 14.0 Å². The third kappa shape index (κ3) is 4.44. The summed E-state index contributed by atoms with van der Waals surface area (Å²) in [4.78, 5) is 29.6. The van der Waals surface area contributed by atoms with Crippen LogP contribution in [0.1, 0.15) is 5.82 Å². The third-order valence-electron chi connectivity index (χ3n) is 4.66. The highest BCUT2D eigenvalue weighted by molar-refractivity contribution is 6.37. The first-order chi connectivity index (χ1) is 15.3. The summed E-state index contributed by atoms with van der Waals surface area (Å²) in [5.41, 5.74) is 1.57. The van der Waals surface area contributed by atoms with E-state index in [4.69, 9.17) is 27.9 Å². The van der Waals surface area contributed by atoms with Crippen molar-refractivity contribution < 1.29 is 13.9 Å². The number of nitrogens with one attached hydrogen (secondary N) is 1. The Balaban J connectivity index is 1.48. The van der Waals surface area contributed by atoms with Crippen molar-refractivity contribution in [2.24, 2.45) is 0 Å². The Bertz CT molecular complexity index is 1360. The molecule has 0 aliphatic heterocycles. The minimum atomic E-state index is -0.604. The maximum atomic E-state index is 13.2. The van der Waals surface area contributed by atoms with Crippen LogP contribution in [-0.2, 0) is 4.79 Å². The number of benzene rings is 3. The van der Waals surface area contributed by atoms with Gasteiger partial charge in [0.05, 0.1) is 26.6 Å². The van der Waals surface area contributed by atoms with E-state index in [0.717, 1.165) is 12.1 Å². The van der Waals surface area contributed by atoms with Gasteiger partial charge in [-0.25, -0.2) is 9.37 Å². The zero-order valence-corrected chi connectivity index (χ0v) is 18.2. The molecule has 0 atom stereocenters. The molecule has 6 nitrogen and oxygen atoms in total. The minimum absolute atomic E-state index is 0.0267. The Morgan fingerprint density at radius 3 is 2.44 bits per heavy atom. The van der Waals surface area contributed by atoms with Crippen molar-refractivity contribution in [1.82, 2.24) is 9.55 Å². The fraction of sp³-hybridized carbons (Fsp3) is 0.0870. The number of carbonyl (C=O) groups is 1. The number of aromatic nitrogens is 2. The molecular weight excluding hydrogens is 456 g/mol. The van der Waals surface area contributed by atoms with Crippen LogP contribution in [0.25, 0.3) is 16.6 Å². The fourth-order valence-corrected chi connectivity index (χ4v) is 3.81. The minimum Gasteiger partial charge on any atom is -0.481 e. The molecule has 1 amide bonds. The van der Waals surface area contributed by atoms with E-state index in [2.05, 4.69) is 10.3 Å². The second kappa shape index (κ2) is 8.98. The molecule has 0 fully saturated rings. The second-order valence-corrected chi connectivity index (χ2v) is 7.71. The highest BCUT2D eigenvalue weighted by Gasteiger charge is 2.13. The standard InChI is InChI=1S/C23H16Cl2FN3O3/c1-13-27-20-5-3-2-4-17(20)23(31)29(13)16-8-6-15(7-9-16)28-21(30)12-32-22-18(24)10-14(26)11-19(22)25/h2-11H,12H2,1H3,(H,28,30). The molecule has 0 saturated heterocycles. The van der Waals surface area contributed by atoms with E-state index < -0.39 is 11.7 Å². The van der Waals surface area contributed by atoms with Crippen LogP contribution < -0.4 is 15.6 Å². The van der Waals surface area contributed by atoms with Crippen molar-refractivity contribution in [3.8, 4) is 11.4 Å². The first-order valence-electron chi connectivity index (χ1n) is 9.49. The summed E-state index contributed by atoms with van der Waals surface area (Å²) in [5, 5.41) is 3.13. The molecule has 4 aromatic rings. The van der Waals surface area contributed by atoms with Gasteiger partial charge in [-0.15, -0.1) is 0 Å².